The number of ether oxygens (including phenoxy) is 1. The minimum atomic E-state index is -0.326. The molecule has 1 N–H and O–H groups in total. The van der Waals surface area contributed by atoms with Gasteiger partial charge in [-0.2, -0.15) is 0 Å². The second-order valence-corrected chi connectivity index (χ2v) is 5.58. The van der Waals surface area contributed by atoms with Crippen LogP contribution in [0.25, 0.3) is 0 Å². The highest BCUT2D eigenvalue weighted by Gasteiger charge is 2.22. The normalized spacial score (nSPS) is 22.6. The zero-order chi connectivity index (χ0) is 14.7. The van der Waals surface area contributed by atoms with Crippen molar-refractivity contribution in [3.63, 3.8) is 0 Å². The van der Waals surface area contributed by atoms with Crippen LogP contribution in [0.3, 0.4) is 0 Å². The monoisotopic (exact) mass is 278 g/mol. The summed E-state index contributed by atoms with van der Waals surface area (Å²) in [5.41, 5.74) is 2.80. The highest BCUT2D eigenvalue weighted by molar-refractivity contribution is 5.59. The molecule has 1 saturated carbocycles. The predicted molar refractivity (Wildman–Crippen MR) is 79.2 cm³/mol. The number of rotatable bonds is 4. The van der Waals surface area contributed by atoms with Gasteiger partial charge in [-0.05, 0) is 51.2 Å². The molecule has 1 fully saturated rings. The molecule has 1 aromatic rings. The number of methoxy groups -OCH3 is 1. The Hall–Kier alpha value is -1.62. The molecule has 1 aliphatic carbocycles. The molecule has 1 aromatic carbocycles. The van der Waals surface area contributed by atoms with Crippen molar-refractivity contribution >= 4 is 11.4 Å². The van der Waals surface area contributed by atoms with Crippen LogP contribution >= 0.6 is 0 Å². The Kier molecular flexibility index (Phi) is 4.60. The highest BCUT2D eigenvalue weighted by Crippen LogP contribution is 2.29. The molecule has 5 heteroatoms. The molecule has 20 heavy (non-hydrogen) atoms. The summed E-state index contributed by atoms with van der Waals surface area (Å²) in [6.07, 6.45) is 4.70. The van der Waals surface area contributed by atoms with Crippen molar-refractivity contribution in [3.05, 3.63) is 33.4 Å². The van der Waals surface area contributed by atoms with Crippen molar-refractivity contribution in [2.75, 3.05) is 12.4 Å². The third-order valence-electron chi connectivity index (χ3n) is 4.06. The Morgan fingerprint density at radius 3 is 2.70 bits per heavy atom. The molecule has 2 rings (SSSR count). The van der Waals surface area contributed by atoms with Gasteiger partial charge in [0.15, 0.2) is 0 Å². The average molecular weight is 278 g/mol. The van der Waals surface area contributed by atoms with Gasteiger partial charge >= 0.3 is 0 Å². The summed E-state index contributed by atoms with van der Waals surface area (Å²) < 4.78 is 5.43. The molecule has 5 nitrogen and oxygen atoms in total. The van der Waals surface area contributed by atoms with Crippen LogP contribution in [0.2, 0.25) is 0 Å². The van der Waals surface area contributed by atoms with Gasteiger partial charge in [-0.3, -0.25) is 10.1 Å². The maximum absolute atomic E-state index is 10.9. The molecule has 0 amide bonds. The Labute approximate surface area is 119 Å². The number of hydrogen-bond donors (Lipinski definition) is 1. The van der Waals surface area contributed by atoms with E-state index >= 15 is 0 Å². The largest absolute Gasteiger partial charge is 0.382 e. The summed E-state index contributed by atoms with van der Waals surface area (Å²) in [6.45, 7) is 3.69. The van der Waals surface area contributed by atoms with Gasteiger partial charge in [0, 0.05) is 30.5 Å². The van der Waals surface area contributed by atoms with E-state index in [0.29, 0.717) is 17.7 Å². The average Bonchev–Trinajstić information content (AvgIpc) is 2.42. The zero-order valence-corrected chi connectivity index (χ0v) is 12.3. The SMILES string of the molecule is COC1CCCC(Nc2cc(C)c([N+](=O)[O-])cc2C)C1. The molecule has 0 aromatic heterocycles. The lowest BCUT2D eigenvalue weighted by atomic mass is 9.92. The van der Waals surface area contributed by atoms with Crippen molar-refractivity contribution in [3.8, 4) is 0 Å². The lowest BCUT2D eigenvalue weighted by Gasteiger charge is -2.30. The van der Waals surface area contributed by atoms with Gasteiger partial charge in [0.2, 0.25) is 0 Å². The number of hydrogen-bond acceptors (Lipinski definition) is 4. The first-order valence-corrected chi connectivity index (χ1v) is 7.06. The number of benzene rings is 1. The van der Waals surface area contributed by atoms with E-state index in [2.05, 4.69) is 5.32 Å². The molecule has 0 heterocycles. The van der Waals surface area contributed by atoms with Gasteiger partial charge in [-0.15, -0.1) is 0 Å². The van der Waals surface area contributed by atoms with Crippen molar-refractivity contribution < 1.29 is 9.66 Å². The van der Waals surface area contributed by atoms with E-state index in [4.69, 9.17) is 4.74 Å². The number of nitro benzene ring substituents is 1. The van der Waals surface area contributed by atoms with E-state index in [1.54, 1.807) is 20.1 Å². The molecule has 0 bridgehead atoms. The molecule has 0 saturated heterocycles. The molecular weight excluding hydrogens is 256 g/mol. The summed E-state index contributed by atoms with van der Waals surface area (Å²) >= 11 is 0. The quantitative estimate of drug-likeness (QED) is 0.675. The van der Waals surface area contributed by atoms with E-state index in [9.17, 15) is 10.1 Å². The van der Waals surface area contributed by atoms with Gasteiger partial charge in [0.1, 0.15) is 0 Å². The van der Waals surface area contributed by atoms with Gasteiger partial charge < -0.3 is 10.1 Å². The maximum atomic E-state index is 10.9. The standard InChI is InChI=1S/C15H22N2O3/c1-10-8-15(17(18)19)11(2)7-14(10)16-12-5-4-6-13(9-12)20-3/h7-8,12-13,16H,4-6,9H2,1-3H3. The Balaban J connectivity index is 2.13. The lowest BCUT2D eigenvalue weighted by molar-refractivity contribution is -0.385. The number of nitrogens with zero attached hydrogens (tertiary/aromatic N) is 1. The second-order valence-electron chi connectivity index (χ2n) is 5.58. The molecule has 0 aliphatic heterocycles. The van der Waals surface area contributed by atoms with Crippen LogP contribution in [0.5, 0.6) is 0 Å². The van der Waals surface area contributed by atoms with E-state index in [-0.39, 0.29) is 10.6 Å². The van der Waals surface area contributed by atoms with E-state index in [1.807, 2.05) is 13.0 Å². The Morgan fingerprint density at radius 2 is 2.05 bits per heavy atom. The number of aryl methyl sites for hydroxylation is 2. The summed E-state index contributed by atoms with van der Waals surface area (Å²) in [7, 11) is 1.76. The van der Waals surface area contributed by atoms with Crippen LogP contribution in [0.15, 0.2) is 12.1 Å². The fourth-order valence-electron chi connectivity index (χ4n) is 2.86. The van der Waals surface area contributed by atoms with Crippen molar-refractivity contribution in [2.24, 2.45) is 0 Å². The minimum absolute atomic E-state index is 0.187. The molecular formula is C15H22N2O3. The smallest absolute Gasteiger partial charge is 0.272 e. The van der Waals surface area contributed by atoms with E-state index < -0.39 is 0 Å². The first-order valence-electron chi connectivity index (χ1n) is 7.06. The molecule has 1 aliphatic rings. The summed E-state index contributed by atoms with van der Waals surface area (Å²) in [5.74, 6) is 0. The van der Waals surface area contributed by atoms with E-state index in [0.717, 1.165) is 36.9 Å². The predicted octanol–water partition coefficient (Wildman–Crippen LogP) is 3.58. The molecule has 110 valence electrons. The van der Waals surface area contributed by atoms with Gasteiger partial charge in [-0.25, -0.2) is 0 Å². The van der Waals surface area contributed by atoms with E-state index in [1.165, 1.54) is 0 Å². The number of nitro groups is 1. The van der Waals surface area contributed by atoms with Gasteiger partial charge in [0.25, 0.3) is 5.69 Å². The van der Waals surface area contributed by atoms with Gasteiger partial charge in [0.05, 0.1) is 11.0 Å². The minimum Gasteiger partial charge on any atom is -0.382 e. The fraction of sp³-hybridized carbons (Fsp3) is 0.600. The Bertz CT molecular complexity index is 502. The van der Waals surface area contributed by atoms with Crippen molar-refractivity contribution in [2.45, 2.75) is 51.7 Å². The van der Waals surface area contributed by atoms with Gasteiger partial charge in [-0.1, -0.05) is 0 Å². The first kappa shape index (κ1) is 14.8. The first-order chi connectivity index (χ1) is 9.51. The van der Waals surface area contributed by atoms with Crippen LogP contribution in [0.1, 0.15) is 36.8 Å². The maximum Gasteiger partial charge on any atom is 0.272 e. The second kappa shape index (κ2) is 6.22. The van der Waals surface area contributed by atoms with Crippen LogP contribution in [-0.4, -0.2) is 24.2 Å². The molecule has 0 spiro atoms. The number of anilines is 1. The number of nitrogens with one attached hydrogen (secondary N) is 1. The van der Waals surface area contributed by atoms with Crippen molar-refractivity contribution in [1.82, 2.24) is 0 Å². The zero-order valence-electron chi connectivity index (χ0n) is 12.3. The summed E-state index contributed by atoms with van der Waals surface area (Å²) in [6, 6.07) is 3.91. The molecule has 0 radical (unpaired) electrons. The summed E-state index contributed by atoms with van der Waals surface area (Å²) in [4.78, 5) is 10.6. The van der Waals surface area contributed by atoms with Crippen LogP contribution in [0, 0.1) is 24.0 Å². The fourth-order valence-corrected chi connectivity index (χ4v) is 2.86. The molecule has 2 unspecified atom stereocenters. The summed E-state index contributed by atoms with van der Waals surface area (Å²) in [5, 5.41) is 14.4. The van der Waals surface area contributed by atoms with Crippen LogP contribution in [0.4, 0.5) is 11.4 Å². The third-order valence-corrected chi connectivity index (χ3v) is 4.06. The Morgan fingerprint density at radius 1 is 1.30 bits per heavy atom. The topological polar surface area (TPSA) is 64.4 Å². The lowest BCUT2D eigenvalue weighted by Crippen LogP contribution is -2.31. The van der Waals surface area contributed by atoms with Crippen molar-refractivity contribution in [1.29, 1.82) is 0 Å². The van der Waals surface area contributed by atoms with Crippen LogP contribution < -0.4 is 5.32 Å². The van der Waals surface area contributed by atoms with Crippen LogP contribution in [-0.2, 0) is 4.74 Å². The third kappa shape index (κ3) is 3.28. The molecule has 2 atom stereocenters. The highest BCUT2D eigenvalue weighted by atomic mass is 16.6.